The van der Waals surface area contributed by atoms with Gasteiger partial charge in [-0.25, -0.2) is 9.97 Å². The predicted molar refractivity (Wildman–Crippen MR) is 117 cm³/mol. The topological polar surface area (TPSA) is 98.7 Å². The minimum absolute atomic E-state index is 0.421. The molecule has 2 atom stereocenters. The molecule has 0 amide bonds. The second-order valence-corrected chi connectivity index (χ2v) is 7.50. The summed E-state index contributed by atoms with van der Waals surface area (Å²) in [5, 5.41) is 5.97. The smallest absolute Gasteiger partial charge is 0.133 e. The van der Waals surface area contributed by atoms with Gasteiger partial charge in [0, 0.05) is 61.1 Å². The molecule has 1 aliphatic carbocycles. The zero-order valence-electron chi connectivity index (χ0n) is 16.8. The van der Waals surface area contributed by atoms with Crippen LogP contribution in [0.5, 0.6) is 0 Å². The molecule has 1 saturated carbocycles. The van der Waals surface area contributed by atoms with Crippen molar-refractivity contribution in [2.45, 2.75) is 13.3 Å². The van der Waals surface area contributed by atoms with Crippen LogP contribution in [-0.2, 0) is 11.8 Å². The maximum absolute atomic E-state index is 9.78. The Morgan fingerprint density at radius 3 is 2.69 bits per heavy atom. The number of pyridine rings is 3. The number of hydrogen-bond acceptors (Lipinski definition) is 6. The van der Waals surface area contributed by atoms with Crippen LogP contribution in [0.2, 0.25) is 0 Å². The molecule has 148 valence electrons. The van der Waals surface area contributed by atoms with Gasteiger partial charge in [-0.2, -0.15) is 0 Å². The molecule has 4 aromatic heterocycles. The largest absolute Gasteiger partial charge is 0.383 e. The van der Waals surface area contributed by atoms with Crippen LogP contribution in [0, 0.1) is 11.8 Å². The molecule has 0 spiro atoms. The molecule has 4 aromatic rings. The van der Waals surface area contributed by atoms with E-state index in [0.29, 0.717) is 17.7 Å². The lowest BCUT2D eigenvalue weighted by atomic mass is 10.1. The number of aryl methyl sites for hydroxylation is 1. The van der Waals surface area contributed by atoms with Gasteiger partial charge in [0.1, 0.15) is 17.9 Å². The molecule has 0 aromatic carbocycles. The average Bonchev–Trinajstić information content (AvgIpc) is 3.34. The highest BCUT2D eigenvalue weighted by Crippen LogP contribution is 2.35. The van der Waals surface area contributed by atoms with Crippen LogP contribution < -0.4 is 11.1 Å². The van der Waals surface area contributed by atoms with Gasteiger partial charge in [0.2, 0.25) is 0 Å². The Kier molecular flexibility index (Phi) is 4.88. The highest BCUT2D eigenvalue weighted by molar-refractivity contribution is 5.98. The van der Waals surface area contributed by atoms with Crippen molar-refractivity contribution in [1.29, 1.82) is 0 Å². The molecule has 2 unspecified atom stereocenters. The van der Waals surface area contributed by atoms with Crippen molar-refractivity contribution in [2.24, 2.45) is 18.9 Å². The van der Waals surface area contributed by atoms with Crippen LogP contribution >= 0.6 is 0 Å². The Morgan fingerprint density at radius 2 is 2.03 bits per heavy atom. The summed E-state index contributed by atoms with van der Waals surface area (Å²) in [6.07, 6.45) is 9.62. The normalized spacial score (nSPS) is 17.6. The van der Waals surface area contributed by atoms with E-state index in [9.17, 15) is 4.79 Å². The van der Waals surface area contributed by atoms with E-state index in [0.717, 1.165) is 51.5 Å². The number of aldehydes is 1. The Hall–Kier alpha value is -3.48. The molecule has 0 saturated heterocycles. The quantitative estimate of drug-likeness (QED) is 0.520. The third kappa shape index (κ3) is 3.63. The van der Waals surface area contributed by atoms with Crippen molar-refractivity contribution < 1.29 is 4.79 Å². The summed E-state index contributed by atoms with van der Waals surface area (Å²) in [7, 11) is 3.85. The van der Waals surface area contributed by atoms with Crippen LogP contribution in [0.4, 0.5) is 11.6 Å². The summed E-state index contributed by atoms with van der Waals surface area (Å²) < 4.78 is 2.07. The number of aromatic nitrogens is 4. The van der Waals surface area contributed by atoms with Gasteiger partial charge in [-0.3, -0.25) is 4.98 Å². The number of nitrogens with zero attached hydrogens (tertiary/aromatic N) is 4. The van der Waals surface area contributed by atoms with Crippen LogP contribution in [0.3, 0.4) is 0 Å². The molecule has 29 heavy (non-hydrogen) atoms. The highest BCUT2D eigenvalue weighted by atomic mass is 16.1. The third-order valence-electron chi connectivity index (χ3n) is 5.40. The van der Waals surface area contributed by atoms with Crippen molar-refractivity contribution in [2.75, 3.05) is 18.1 Å². The van der Waals surface area contributed by atoms with Gasteiger partial charge in [0.25, 0.3) is 0 Å². The SMILES string of the molecule is CC1CC1C=O.CNc1cc2cc(-c3cncc4ccn(C)c34)nc(N)c2cn1. The number of carbonyl (C=O) groups is 1. The molecule has 5 rings (SSSR count). The predicted octanol–water partition coefficient (Wildman–Crippen LogP) is 3.65. The standard InChI is InChI=1S/C17H16N6.C5H8O/c1-19-15-6-11-5-14(22-17(18)12(11)9-21-15)13-8-20-7-10-3-4-23(2)16(10)13;1-4-2-5(4)3-6/h3-9H,1-2H3,(H2,18,22)(H,19,21);3-5H,2H2,1H3. The summed E-state index contributed by atoms with van der Waals surface area (Å²) >= 11 is 0. The molecule has 7 heteroatoms. The second kappa shape index (κ2) is 7.50. The number of nitrogens with one attached hydrogen (secondary N) is 1. The van der Waals surface area contributed by atoms with Crippen molar-refractivity contribution in [3.63, 3.8) is 0 Å². The Labute approximate surface area is 169 Å². The Balaban J connectivity index is 0.000000294. The zero-order chi connectivity index (χ0) is 20.5. The molecule has 0 aliphatic heterocycles. The van der Waals surface area contributed by atoms with Crippen molar-refractivity contribution >= 4 is 39.6 Å². The number of nitrogen functional groups attached to an aromatic ring is 1. The lowest BCUT2D eigenvalue weighted by Crippen LogP contribution is -1.98. The number of rotatable bonds is 3. The number of nitrogens with two attached hydrogens (primary N) is 1. The van der Waals surface area contributed by atoms with E-state index in [1.165, 1.54) is 0 Å². The minimum atomic E-state index is 0.421. The molecule has 3 N–H and O–H groups in total. The molecular weight excluding hydrogens is 364 g/mol. The monoisotopic (exact) mass is 388 g/mol. The highest BCUT2D eigenvalue weighted by Gasteiger charge is 2.31. The van der Waals surface area contributed by atoms with Crippen LogP contribution in [0.15, 0.2) is 43.0 Å². The van der Waals surface area contributed by atoms with Gasteiger partial charge < -0.3 is 20.4 Å². The summed E-state index contributed by atoms with van der Waals surface area (Å²) in [4.78, 5) is 23.0. The van der Waals surface area contributed by atoms with Gasteiger partial charge in [-0.15, -0.1) is 0 Å². The van der Waals surface area contributed by atoms with Gasteiger partial charge in [-0.1, -0.05) is 6.92 Å². The van der Waals surface area contributed by atoms with Crippen molar-refractivity contribution in [3.05, 3.63) is 43.0 Å². The Morgan fingerprint density at radius 1 is 1.24 bits per heavy atom. The van der Waals surface area contributed by atoms with E-state index in [-0.39, 0.29) is 0 Å². The maximum Gasteiger partial charge on any atom is 0.133 e. The molecule has 1 fully saturated rings. The number of fused-ring (bicyclic) bond motifs is 2. The van der Waals surface area contributed by atoms with Crippen LogP contribution in [0.25, 0.3) is 32.9 Å². The number of carbonyl (C=O) groups excluding carboxylic acids is 1. The van der Waals surface area contributed by atoms with Gasteiger partial charge in [0.15, 0.2) is 0 Å². The Bertz CT molecular complexity index is 1200. The molecule has 4 heterocycles. The summed E-state index contributed by atoms with van der Waals surface area (Å²) in [6.45, 7) is 2.10. The summed E-state index contributed by atoms with van der Waals surface area (Å²) in [5.41, 5.74) is 9.01. The van der Waals surface area contributed by atoms with Crippen molar-refractivity contribution in [3.8, 4) is 11.3 Å². The molecular formula is C22H24N6O. The zero-order valence-corrected chi connectivity index (χ0v) is 16.8. The van der Waals surface area contributed by atoms with Gasteiger partial charge >= 0.3 is 0 Å². The first-order valence-electron chi connectivity index (χ1n) is 9.60. The molecule has 0 radical (unpaired) electrons. The van der Waals surface area contributed by atoms with Gasteiger partial charge in [-0.05, 0) is 35.9 Å². The average molecular weight is 388 g/mol. The van der Waals surface area contributed by atoms with E-state index in [2.05, 4.69) is 31.8 Å². The first-order valence-corrected chi connectivity index (χ1v) is 9.60. The maximum atomic E-state index is 9.78. The fourth-order valence-corrected chi connectivity index (χ4v) is 3.43. The number of anilines is 2. The summed E-state index contributed by atoms with van der Waals surface area (Å²) in [5.74, 6) is 2.38. The first-order chi connectivity index (χ1) is 14.0. The van der Waals surface area contributed by atoms with E-state index in [4.69, 9.17) is 5.73 Å². The van der Waals surface area contributed by atoms with Gasteiger partial charge in [0.05, 0.1) is 11.2 Å². The van der Waals surface area contributed by atoms with E-state index >= 15 is 0 Å². The fraction of sp³-hybridized carbons (Fsp3) is 0.273. The van der Waals surface area contributed by atoms with E-state index in [1.807, 2.05) is 50.9 Å². The van der Waals surface area contributed by atoms with Crippen molar-refractivity contribution in [1.82, 2.24) is 19.5 Å². The van der Waals surface area contributed by atoms with E-state index in [1.54, 1.807) is 6.20 Å². The van der Waals surface area contributed by atoms with Crippen LogP contribution in [0.1, 0.15) is 13.3 Å². The fourth-order valence-electron chi connectivity index (χ4n) is 3.43. The lowest BCUT2D eigenvalue weighted by molar-refractivity contribution is -0.109. The minimum Gasteiger partial charge on any atom is -0.383 e. The molecule has 0 bridgehead atoms. The third-order valence-corrected chi connectivity index (χ3v) is 5.40. The summed E-state index contributed by atoms with van der Waals surface area (Å²) in [6, 6.07) is 6.03. The number of hydrogen-bond donors (Lipinski definition) is 2. The van der Waals surface area contributed by atoms with E-state index < -0.39 is 0 Å². The first kappa shape index (κ1) is 18.9. The van der Waals surface area contributed by atoms with Crippen LogP contribution in [-0.4, -0.2) is 32.9 Å². The lowest BCUT2D eigenvalue weighted by Gasteiger charge is -2.09. The second-order valence-electron chi connectivity index (χ2n) is 7.50. The molecule has 7 nitrogen and oxygen atoms in total. The molecule has 1 aliphatic rings.